The molecule has 138 valence electrons. The van der Waals surface area contributed by atoms with E-state index in [9.17, 15) is 19.2 Å². The average molecular weight is 369 g/mol. The summed E-state index contributed by atoms with van der Waals surface area (Å²) in [6.45, 7) is 5.10. The van der Waals surface area contributed by atoms with Gasteiger partial charge in [-0.1, -0.05) is 17.2 Å². The van der Waals surface area contributed by atoms with E-state index in [2.05, 4.69) is 9.97 Å². The number of hydrogen-bond donors (Lipinski definition) is 0. The second-order valence-corrected chi connectivity index (χ2v) is 6.62. The molecule has 2 amide bonds. The molecule has 1 aliphatic heterocycles. The Labute approximate surface area is 153 Å². The number of hydroxylamine groups is 2. The highest BCUT2D eigenvalue weighted by Gasteiger charge is 2.39. The first-order valence-electron chi connectivity index (χ1n) is 7.93. The fourth-order valence-electron chi connectivity index (χ4n) is 2.25. The molecule has 1 aromatic heterocycles. The molecule has 0 radical (unpaired) electrons. The summed E-state index contributed by atoms with van der Waals surface area (Å²) in [5.74, 6) is -3.26. The molecule has 1 aromatic carbocycles. The number of rotatable bonds is 3. The minimum Gasteiger partial charge on any atom is -0.455 e. The summed E-state index contributed by atoms with van der Waals surface area (Å²) in [6.07, 6.45) is 2.05. The predicted octanol–water partition coefficient (Wildman–Crippen LogP) is 1.80. The van der Waals surface area contributed by atoms with E-state index < -0.39 is 29.4 Å². The summed E-state index contributed by atoms with van der Waals surface area (Å²) >= 11 is 0. The minimum absolute atomic E-state index is 0.0952. The molecular weight excluding hydrogens is 354 g/mol. The summed E-state index contributed by atoms with van der Waals surface area (Å²) in [6, 6.07) is 6.10. The Morgan fingerprint density at radius 2 is 1.37 bits per heavy atom. The van der Waals surface area contributed by atoms with Gasteiger partial charge in [-0.2, -0.15) is 0 Å². The molecule has 0 fully saturated rings. The number of carbonyl (C=O) groups excluding carboxylic acids is 4. The predicted molar refractivity (Wildman–Crippen MR) is 89.6 cm³/mol. The highest BCUT2D eigenvalue weighted by Crippen LogP contribution is 2.23. The molecular formula is C18H15N3O6. The van der Waals surface area contributed by atoms with E-state index in [1.165, 1.54) is 12.1 Å². The van der Waals surface area contributed by atoms with Crippen molar-refractivity contribution in [3.05, 3.63) is 59.2 Å². The van der Waals surface area contributed by atoms with Crippen molar-refractivity contribution in [3.63, 3.8) is 0 Å². The lowest BCUT2D eigenvalue weighted by Gasteiger charge is -2.18. The Hall–Kier alpha value is -3.62. The van der Waals surface area contributed by atoms with E-state index >= 15 is 0 Å². The Bertz CT molecular complexity index is 911. The summed E-state index contributed by atoms with van der Waals surface area (Å²) in [5, 5.41) is 0.371. The quantitative estimate of drug-likeness (QED) is 0.594. The molecule has 2 aromatic rings. The van der Waals surface area contributed by atoms with Crippen LogP contribution in [0.1, 0.15) is 62.5 Å². The molecule has 9 heteroatoms. The third-order valence-corrected chi connectivity index (χ3v) is 3.40. The summed E-state index contributed by atoms with van der Waals surface area (Å²) in [5.41, 5.74) is -0.800. The molecule has 3 rings (SSSR count). The molecule has 27 heavy (non-hydrogen) atoms. The lowest BCUT2D eigenvalue weighted by atomic mass is 10.1. The number of nitrogens with zero attached hydrogens (tertiary/aromatic N) is 3. The molecule has 0 aliphatic carbocycles. The van der Waals surface area contributed by atoms with Crippen molar-refractivity contribution in [3.8, 4) is 0 Å². The van der Waals surface area contributed by atoms with Crippen molar-refractivity contribution in [2.75, 3.05) is 0 Å². The van der Waals surface area contributed by atoms with Crippen LogP contribution < -0.4 is 0 Å². The lowest BCUT2D eigenvalue weighted by molar-refractivity contribution is -0.0588. The average Bonchev–Trinajstić information content (AvgIpc) is 2.86. The second-order valence-electron chi connectivity index (χ2n) is 6.62. The van der Waals surface area contributed by atoms with Gasteiger partial charge in [-0.15, -0.1) is 0 Å². The summed E-state index contributed by atoms with van der Waals surface area (Å²) < 4.78 is 5.14. The van der Waals surface area contributed by atoms with Crippen LogP contribution in [0.15, 0.2) is 36.7 Å². The maximum Gasteiger partial charge on any atom is 0.383 e. The van der Waals surface area contributed by atoms with Gasteiger partial charge in [0.1, 0.15) is 5.60 Å². The third kappa shape index (κ3) is 3.66. The first kappa shape index (κ1) is 18.2. The van der Waals surface area contributed by atoms with Crippen LogP contribution >= 0.6 is 0 Å². The molecule has 0 unspecified atom stereocenters. The van der Waals surface area contributed by atoms with Crippen LogP contribution in [0.2, 0.25) is 0 Å². The van der Waals surface area contributed by atoms with Crippen molar-refractivity contribution in [1.82, 2.24) is 15.0 Å². The van der Waals surface area contributed by atoms with Gasteiger partial charge in [0.25, 0.3) is 11.8 Å². The SMILES string of the molecule is CC(C)(C)OC(=O)c1cnc(C(=O)ON2C(=O)c3ccccc3C2=O)cn1. The number of ether oxygens (including phenoxy) is 1. The number of carbonyl (C=O) groups is 4. The summed E-state index contributed by atoms with van der Waals surface area (Å²) in [7, 11) is 0. The second kappa shape index (κ2) is 6.60. The largest absolute Gasteiger partial charge is 0.455 e. The van der Waals surface area contributed by atoms with Gasteiger partial charge in [-0.05, 0) is 32.9 Å². The normalized spacial score (nSPS) is 13.4. The Kier molecular flexibility index (Phi) is 4.44. The van der Waals surface area contributed by atoms with Gasteiger partial charge in [0.15, 0.2) is 11.4 Å². The highest BCUT2D eigenvalue weighted by molar-refractivity contribution is 6.21. The molecule has 0 saturated carbocycles. The fourth-order valence-corrected chi connectivity index (χ4v) is 2.25. The van der Waals surface area contributed by atoms with Crippen molar-refractivity contribution >= 4 is 23.8 Å². The van der Waals surface area contributed by atoms with Gasteiger partial charge >= 0.3 is 11.9 Å². The molecule has 0 saturated heterocycles. The van der Waals surface area contributed by atoms with Gasteiger partial charge in [-0.3, -0.25) is 9.59 Å². The van der Waals surface area contributed by atoms with Gasteiger partial charge in [0.05, 0.1) is 23.5 Å². The molecule has 0 N–H and O–H groups in total. The van der Waals surface area contributed by atoms with Crippen LogP contribution in [0.3, 0.4) is 0 Å². The lowest BCUT2D eigenvalue weighted by Crippen LogP contribution is -2.33. The number of imide groups is 1. The maximum atomic E-state index is 12.2. The number of aromatic nitrogens is 2. The van der Waals surface area contributed by atoms with E-state index in [4.69, 9.17) is 9.57 Å². The molecule has 0 atom stereocenters. The zero-order chi connectivity index (χ0) is 19.8. The monoisotopic (exact) mass is 369 g/mol. The van der Waals surface area contributed by atoms with Crippen molar-refractivity contribution in [2.45, 2.75) is 26.4 Å². The third-order valence-electron chi connectivity index (χ3n) is 3.40. The minimum atomic E-state index is -1.06. The van der Waals surface area contributed by atoms with Gasteiger partial charge < -0.3 is 9.57 Å². The number of amides is 2. The van der Waals surface area contributed by atoms with E-state index in [1.54, 1.807) is 32.9 Å². The molecule has 1 aliphatic rings. The first-order chi connectivity index (χ1) is 12.7. The van der Waals surface area contributed by atoms with E-state index in [1.807, 2.05) is 0 Å². The number of esters is 1. The van der Waals surface area contributed by atoms with Crippen molar-refractivity contribution in [1.29, 1.82) is 0 Å². The van der Waals surface area contributed by atoms with E-state index in [0.29, 0.717) is 5.06 Å². The molecule has 0 bridgehead atoms. The summed E-state index contributed by atoms with van der Waals surface area (Å²) in [4.78, 5) is 60.9. The molecule has 9 nitrogen and oxygen atoms in total. The standard InChI is InChI=1S/C18H15N3O6/c1-18(2,3)26-16(24)12-8-20-13(9-19-12)17(25)27-21-14(22)10-6-4-5-7-11(10)15(21)23/h4-9H,1-3H3. The van der Waals surface area contributed by atoms with Crippen LogP contribution in [0.4, 0.5) is 0 Å². The van der Waals surface area contributed by atoms with Crippen LogP contribution in [0.25, 0.3) is 0 Å². The van der Waals surface area contributed by atoms with Crippen molar-refractivity contribution < 1.29 is 28.8 Å². The number of hydrogen-bond acceptors (Lipinski definition) is 8. The van der Waals surface area contributed by atoms with Crippen LogP contribution in [-0.4, -0.2) is 44.4 Å². The van der Waals surface area contributed by atoms with Crippen molar-refractivity contribution in [2.24, 2.45) is 0 Å². The number of benzene rings is 1. The van der Waals surface area contributed by atoms with Crippen LogP contribution in [0, 0.1) is 0 Å². The van der Waals surface area contributed by atoms with Gasteiger partial charge in [0, 0.05) is 0 Å². The topological polar surface area (TPSA) is 116 Å². The highest BCUT2D eigenvalue weighted by atomic mass is 16.7. The van der Waals surface area contributed by atoms with E-state index in [-0.39, 0.29) is 22.5 Å². The van der Waals surface area contributed by atoms with Crippen LogP contribution in [0.5, 0.6) is 0 Å². The molecule has 0 spiro atoms. The van der Waals surface area contributed by atoms with Gasteiger partial charge in [0.2, 0.25) is 0 Å². The Balaban J connectivity index is 1.72. The van der Waals surface area contributed by atoms with E-state index in [0.717, 1.165) is 12.4 Å². The number of fused-ring (bicyclic) bond motifs is 1. The zero-order valence-corrected chi connectivity index (χ0v) is 14.8. The smallest absolute Gasteiger partial charge is 0.383 e. The van der Waals surface area contributed by atoms with Gasteiger partial charge in [-0.25, -0.2) is 19.6 Å². The van der Waals surface area contributed by atoms with Crippen LogP contribution in [-0.2, 0) is 9.57 Å². The maximum absolute atomic E-state index is 12.2. The molecule has 2 heterocycles. The Morgan fingerprint density at radius 3 is 1.81 bits per heavy atom. The fraction of sp³-hybridized carbons (Fsp3) is 0.222. The first-order valence-corrected chi connectivity index (χ1v) is 7.93. The Morgan fingerprint density at radius 1 is 0.889 bits per heavy atom. The zero-order valence-electron chi connectivity index (χ0n) is 14.8.